The molecule has 100 valence electrons. The first kappa shape index (κ1) is 13.3. The molecule has 1 aromatic heterocycles. The molecule has 2 aromatic rings. The summed E-state index contributed by atoms with van der Waals surface area (Å²) in [6, 6.07) is 8.96. The number of aromatic amines is 1. The van der Waals surface area contributed by atoms with Gasteiger partial charge in [-0.1, -0.05) is 30.3 Å². The van der Waals surface area contributed by atoms with E-state index < -0.39 is 12.0 Å². The van der Waals surface area contributed by atoms with E-state index in [1.807, 2.05) is 37.3 Å². The summed E-state index contributed by atoms with van der Waals surface area (Å²) in [4.78, 5) is 11.4. The first-order chi connectivity index (χ1) is 9.09. The summed E-state index contributed by atoms with van der Waals surface area (Å²) < 4.78 is 0. The number of carbonyl (C=O) groups is 1. The quantitative estimate of drug-likeness (QED) is 0.766. The Morgan fingerprint density at radius 3 is 2.58 bits per heavy atom. The molecule has 0 radical (unpaired) electrons. The first-order valence-corrected chi connectivity index (χ1v) is 6.11. The summed E-state index contributed by atoms with van der Waals surface area (Å²) in [7, 11) is 0. The number of nitrogens with zero attached hydrogens (tertiary/aromatic N) is 1. The van der Waals surface area contributed by atoms with E-state index in [0.29, 0.717) is 17.8 Å². The number of benzene rings is 1. The van der Waals surface area contributed by atoms with E-state index in [4.69, 9.17) is 0 Å². The molecule has 0 aliphatic heterocycles. The molecule has 0 saturated heterocycles. The van der Waals surface area contributed by atoms with Crippen LogP contribution >= 0.6 is 0 Å². The van der Waals surface area contributed by atoms with Crippen LogP contribution in [0.5, 0.6) is 0 Å². The Morgan fingerprint density at radius 1 is 1.37 bits per heavy atom. The van der Waals surface area contributed by atoms with Crippen LogP contribution in [0.25, 0.3) is 0 Å². The Kier molecular flexibility index (Phi) is 3.97. The van der Waals surface area contributed by atoms with Crippen LogP contribution in [-0.4, -0.2) is 21.3 Å². The topological polar surface area (TPSA) is 78.0 Å². The zero-order chi connectivity index (χ0) is 13.8. The van der Waals surface area contributed by atoms with E-state index in [0.717, 1.165) is 11.3 Å². The second kappa shape index (κ2) is 5.67. The molecule has 19 heavy (non-hydrogen) atoms. The minimum atomic E-state index is -0.900. The second-order valence-electron chi connectivity index (χ2n) is 4.49. The summed E-state index contributed by atoms with van der Waals surface area (Å²) in [6.45, 7) is 4.14. The molecule has 0 spiro atoms. The first-order valence-electron chi connectivity index (χ1n) is 6.11. The average molecular weight is 259 g/mol. The molecular formula is C14H17N3O2. The highest BCUT2D eigenvalue weighted by molar-refractivity contribution is 5.76. The zero-order valence-electron chi connectivity index (χ0n) is 11.0. The Hall–Kier alpha value is -2.14. The summed E-state index contributed by atoms with van der Waals surface area (Å²) >= 11 is 0. The van der Waals surface area contributed by atoms with E-state index in [9.17, 15) is 9.90 Å². The van der Waals surface area contributed by atoms with E-state index in [1.165, 1.54) is 0 Å². The SMILES string of the molecule is Cc1n[nH]c(C)c1C(NCc1ccccc1)C(=O)O. The Morgan fingerprint density at radius 2 is 2.05 bits per heavy atom. The Balaban J connectivity index is 2.16. The lowest BCUT2D eigenvalue weighted by Crippen LogP contribution is -2.29. The molecule has 0 amide bonds. The second-order valence-corrected chi connectivity index (χ2v) is 4.49. The van der Waals surface area contributed by atoms with Crippen molar-refractivity contribution in [3.05, 3.63) is 52.8 Å². The maximum Gasteiger partial charge on any atom is 0.325 e. The van der Waals surface area contributed by atoms with Crippen molar-refractivity contribution in [2.75, 3.05) is 0 Å². The Bertz CT molecular complexity index is 544. The molecule has 1 unspecified atom stereocenters. The zero-order valence-corrected chi connectivity index (χ0v) is 11.0. The number of hydrogen-bond donors (Lipinski definition) is 3. The van der Waals surface area contributed by atoms with Crippen molar-refractivity contribution in [2.45, 2.75) is 26.4 Å². The van der Waals surface area contributed by atoms with Gasteiger partial charge in [-0.15, -0.1) is 0 Å². The predicted molar refractivity (Wildman–Crippen MR) is 71.7 cm³/mol. The number of aliphatic carboxylic acids is 1. The van der Waals surface area contributed by atoms with Gasteiger partial charge in [0.2, 0.25) is 0 Å². The summed E-state index contributed by atoms with van der Waals surface area (Å²) in [6.07, 6.45) is 0. The largest absolute Gasteiger partial charge is 0.480 e. The fraction of sp³-hybridized carbons (Fsp3) is 0.286. The highest BCUT2D eigenvalue weighted by Crippen LogP contribution is 2.20. The molecule has 1 aromatic carbocycles. The van der Waals surface area contributed by atoms with Crippen molar-refractivity contribution in [2.24, 2.45) is 0 Å². The minimum Gasteiger partial charge on any atom is -0.480 e. The summed E-state index contributed by atoms with van der Waals surface area (Å²) in [5.41, 5.74) is 3.26. The van der Waals surface area contributed by atoms with Gasteiger partial charge >= 0.3 is 5.97 Å². The standard InChI is InChI=1S/C14H17N3O2/c1-9-12(10(2)17-16-9)13(14(18)19)15-8-11-6-4-3-5-7-11/h3-7,13,15H,8H2,1-2H3,(H,16,17)(H,18,19). The summed E-state index contributed by atoms with van der Waals surface area (Å²) in [5.74, 6) is -0.900. The number of hydrogen-bond acceptors (Lipinski definition) is 3. The van der Waals surface area contributed by atoms with Gasteiger partial charge < -0.3 is 5.11 Å². The maximum atomic E-state index is 11.4. The van der Waals surface area contributed by atoms with Crippen molar-refractivity contribution in [1.82, 2.24) is 15.5 Å². The number of nitrogens with one attached hydrogen (secondary N) is 2. The van der Waals surface area contributed by atoms with Crippen LogP contribution in [0.2, 0.25) is 0 Å². The number of H-pyrrole nitrogens is 1. The van der Waals surface area contributed by atoms with Crippen LogP contribution in [0.1, 0.15) is 28.6 Å². The number of carboxylic acid groups (broad SMARTS) is 1. The van der Waals surface area contributed by atoms with E-state index in [1.54, 1.807) is 6.92 Å². The molecule has 3 N–H and O–H groups in total. The molecule has 0 aliphatic rings. The maximum absolute atomic E-state index is 11.4. The van der Waals surface area contributed by atoms with Gasteiger partial charge in [0.15, 0.2) is 0 Å². The van der Waals surface area contributed by atoms with Crippen molar-refractivity contribution >= 4 is 5.97 Å². The molecule has 0 fully saturated rings. The van der Waals surface area contributed by atoms with Gasteiger partial charge in [-0.2, -0.15) is 5.10 Å². The van der Waals surface area contributed by atoms with Crippen LogP contribution in [0.4, 0.5) is 0 Å². The fourth-order valence-corrected chi connectivity index (χ4v) is 2.11. The van der Waals surface area contributed by atoms with Gasteiger partial charge in [0.25, 0.3) is 0 Å². The molecule has 5 heteroatoms. The van der Waals surface area contributed by atoms with E-state index in [-0.39, 0.29) is 0 Å². The smallest absolute Gasteiger partial charge is 0.325 e. The van der Waals surface area contributed by atoms with E-state index >= 15 is 0 Å². The lowest BCUT2D eigenvalue weighted by Gasteiger charge is -2.15. The van der Waals surface area contributed by atoms with Crippen LogP contribution in [-0.2, 0) is 11.3 Å². The van der Waals surface area contributed by atoms with Crippen molar-refractivity contribution in [3.63, 3.8) is 0 Å². The third kappa shape index (κ3) is 3.00. The summed E-state index contributed by atoms with van der Waals surface area (Å²) in [5, 5.41) is 19.3. The van der Waals surface area contributed by atoms with Gasteiger partial charge in [-0.3, -0.25) is 15.2 Å². The number of aromatic nitrogens is 2. The van der Waals surface area contributed by atoms with Crippen molar-refractivity contribution < 1.29 is 9.90 Å². The molecule has 5 nitrogen and oxygen atoms in total. The highest BCUT2D eigenvalue weighted by atomic mass is 16.4. The predicted octanol–water partition coefficient (Wildman–Crippen LogP) is 1.94. The molecule has 2 rings (SSSR count). The third-order valence-corrected chi connectivity index (χ3v) is 3.07. The van der Waals surface area contributed by atoms with Crippen molar-refractivity contribution in [1.29, 1.82) is 0 Å². The van der Waals surface area contributed by atoms with Crippen LogP contribution in [0, 0.1) is 13.8 Å². The number of aryl methyl sites for hydroxylation is 2. The van der Waals surface area contributed by atoms with Gasteiger partial charge in [-0.25, -0.2) is 0 Å². The lowest BCUT2D eigenvalue weighted by atomic mass is 10.0. The Labute approximate surface area is 111 Å². The van der Waals surface area contributed by atoms with Crippen LogP contribution < -0.4 is 5.32 Å². The molecule has 0 aliphatic carbocycles. The number of rotatable bonds is 5. The van der Waals surface area contributed by atoms with Gasteiger partial charge in [0, 0.05) is 17.8 Å². The molecule has 0 saturated carbocycles. The fourth-order valence-electron chi connectivity index (χ4n) is 2.11. The number of carboxylic acids is 1. The van der Waals surface area contributed by atoms with Crippen LogP contribution in [0.15, 0.2) is 30.3 Å². The molecule has 1 heterocycles. The molecular weight excluding hydrogens is 242 g/mol. The highest BCUT2D eigenvalue weighted by Gasteiger charge is 2.24. The van der Waals surface area contributed by atoms with E-state index in [2.05, 4.69) is 15.5 Å². The van der Waals surface area contributed by atoms with Gasteiger partial charge in [-0.05, 0) is 19.4 Å². The average Bonchev–Trinajstić information content (AvgIpc) is 2.72. The lowest BCUT2D eigenvalue weighted by molar-refractivity contribution is -0.139. The van der Waals surface area contributed by atoms with Gasteiger partial charge in [0.05, 0.1) is 5.69 Å². The third-order valence-electron chi connectivity index (χ3n) is 3.07. The monoisotopic (exact) mass is 259 g/mol. The van der Waals surface area contributed by atoms with Crippen LogP contribution in [0.3, 0.4) is 0 Å². The normalized spacial score (nSPS) is 12.3. The molecule has 1 atom stereocenters. The van der Waals surface area contributed by atoms with Gasteiger partial charge in [0.1, 0.15) is 6.04 Å². The molecule has 0 bridgehead atoms. The van der Waals surface area contributed by atoms with Crippen molar-refractivity contribution in [3.8, 4) is 0 Å². The minimum absolute atomic E-state index is 0.502.